The van der Waals surface area contributed by atoms with Crippen LogP contribution in [-0.2, 0) is 10.0 Å². The van der Waals surface area contributed by atoms with E-state index in [1.165, 1.54) is 22.5 Å². The number of sulfonamides is 1. The third-order valence-electron chi connectivity index (χ3n) is 4.50. The van der Waals surface area contributed by atoms with Gasteiger partial charge in [-0.2, -0.15) is 19.7 Å². The maximum atomic E-state index is 12.7. The van der Waals surface area contributed by atoms with E-state index in [4.69, 9.17) is 0 Å². The highest BCUT2D eigenvalue weighted by molar-refractivity contribution is 7.89. The third kappa shape index (κ3) is 3.24. The molecule has 0 atom stereocenters. The van der Waals surface area contributed by atoms with Crippen LogP contribution in [-0.4, -0.2) is 52.2 Å². The van der Waals surface area contributed by atoms with Crippen molar-refractivity contribution in [2.24, 2.45) is 0 Å². The van der Waals surface area contributed by atoms with Crippen molar-refractivity contribution in [2.45, 2.75) is 17.7 Å². The molecule has 0 radical (unpaired) electrons. The summed E-state index contributed by atoms with van der Waals surface area (Å²) in [6.45, 7) is 0.950. The fourth-order valence-electron chi connectivity index (χ4n) is 3.03. The van der Waals surface area contributed by atoms with E-state index in [9.17, 15) is 18.3 Å². The second kappa shape index (κ2) is 6.63. The topological polar surface area (TPSA) is 128 Å². The molecule has 27 heavy (non-hydrogen) atoms. The number of aromatic hydroxyl groups is 1. The molecule has 4 rings (SSSR count). The van der Waals surface area contributed by atoms with Gasteiger partial charge in [0.25, 0.3) is 5.91 Å². The minimum atomic E-state index is -3.65. The number of nitrogens with one attached hydrogen (secondary N) is 2. The Balaban J connectivity index is 1.62. The van der Waals surface area contributed by atoms with Gasteiger partial charge in [-0.25, -0.2) is 8.42 Å². The molecule has 10 heteroatoms. The summed E-state index contributed by atoms with van der Waals surface area (Å²) >= 11 is 0. The minimum Gasteiger partial charge on any atom is -0.506 e. The lowest BCUT2D eigenvalue weighted by atomic mass is 10.2. The Kier molecular flexibility index (Phi) is 4.28. The Morgan fingerprint density at radius 3 is 2.59 bits per heavy atom. The molecule has 1 aliphatic rings. The van der Waals surface area contributed by atoms with Crippen molar-refractivity contribution in [1.29, 1.82) is 0 Å². The summed E-state index contributed by atoms with van der Waals surface area (Å²) in [6, 6.07) is 8.63. The number of carbonyl (C=O) groups is 1. The summed E-state index contributed by atoms with van der Waals surface area (Å²) in [5.41, 5.74) is 1.48. The summed E-state index contributed by atoms with van der Waals surface area (Å²) in [7, 11) is -3.65. The predicted octanol–water partition coefficient (Wildman–Crippen LogP) is 1.70. The number of hydrogen-bond donors (Lipinski definition) is 3. The van der Waals surface area contributed by atoms with Crippen LogP contribution in [0.25, 0.3) is 11.0 Å². The lowest BCUT2D eigenvalue weighted by Gasteiger charge is -2.16. The van der Waals surface area contributed by atoms with Crippen LogP contribution < -0.4 is 5.32 Å². The largest absolute Gasteiger partial charge is 0.506 e. The number of H-pyrrole nitrogens is 1. The molecule has 140 valence electrons. The van der Waals surface area contributed by atoms with E-state index < -0.39 is 15.9 Å². The van der Waals surface area contributed by atoms with Crippen LogP contribution in [0.3, 0.4) is 0 Å². The fraction of sp³-hybridized carbons (Fsp3) is 0.235. The monoisotopic (exact) mass is 387 g/mol. The number of phenolic OH excluding ortho intramolecular Hbond substituents is 1. The Labute approximate surface area is 155 Å². The molecule has 2 heterocycles. The Hall–Kier alpha value is -2.98. The molecule has 0 saturated carbocycles. The highest BCUT2D eigenvalue weighted by Gasteiger charge is 2.28. The normalized spacial score (nSPS) is 15.3. The molecule has 1 amide bonds. The van der Waals surface area contributed by atoms with E-state index in [-0.39, 0.29) is 16.3 Å². The van der Waals surface area contributed by atoms with Crippen LogP contribution in [0, 0.1) is 0 Å². The van der Waals surface area contributed by atoms with Crippen molar-refractivity contribution in [3.05, 3.63) is 42.0 Å². The van der Waals surface area contributed by atoms with Crippen LogP contribution >= 0.6 is 0 Å². The minimum absolute atomic E-state index is 0.0283. The van der Waals surface area contributed by atoms with E-state index >= 15 is 0 Å². The maximum absolute atomic E-state index is 12.7. The zero-order valence-electron chi connectivity index (χ0n) is 14.2. The molecule has 1 fully saturated rings. The molecule has 9 nitrogen and oxygen atoms in total. The smallest absolute Gasteiger partial charge is 0.255 e. The number of benzene rings is 2. The summed E-state index contributed by atoms with van der Waals surface area (Å²) in [4.78, 5) is 12.5. The summed E-state index contributed by atoms with van der Waals surface area (Å²) in [5, 5.41) is 22.9. The molecular formula is C17H17N5O4S. The summed E-state index contributed by atoms with van der Waals surface area (Å²) in [5.74, 6) is -0.711. The van der Waals surface area contributed by atoms with Crippen LogP contribution in [0.1, 0.15) is 23.2 Å². The lowest BCUT2D eigenvalue weighted by molar-refractivity contribution is 0.102. The standard InChI is InChI=1S/C17H17N5O4S/c23-16-6-4-12(27(25,26)22-7-1-2-8-22)10-15(16)18-17(24)11-3-5-13-14(9-11)20-21-19-13/h3-6,9-10,23H,1-2,7-8H2,(H,18,24)(H,19,20,21). The predicted molar refractivity (Wildman–Crippen MR) is 97.9 cm³/mol. The number of phenols is 1. The van der Waals surface area contributed by atoms with Gasteiger partial charge >= 0.3 is 0 Å². The Morgan fingerprint density at radius 1 is 1.07 bits per heavy atom. The maximum Gasteiger partial charge on any atom is 0.255 e. The fourth-order valence-corrected chi connectivity index (χ4v) is 4.57. The van der Waals surface area contributed by atoms with Crippen molar-refractivity contribution < 1.29 is 18.3 Å². The van der Waals surface area contributed by atoms with Gasteiger partial charge < -0.3 is 10.4 Å². The molecular weight excluding hydrogens is 370 g/mol. The molecule has 3 N–H and O–H groups in total. The molecule has 0 aliphatic carbocycles. The average molecular weight is 387 g/mol. The van der Waals surface area contributed by atoms with E-state index in [2.05, 4.69) is 20.7 Å². The first-order chi connectivity index (χ1) is 12.9. The second-order valence-corrected chi connectivity index (χ2v) is 8.21. The van der Waals surface area contributed by atoms with Crippen molar-refractivity contribution in [2.75, 3.05) is 18.4 Å². The first-order valence-corrected chi connectivity index (χ1v) is 9.84. The zero-order chi connectivity index (χ0) is 19.0. The SMILES string of the molecule is O=C(Nc1cc(S(=O)(=O)N2CCCC2)ccc1O)c1ccc2n[nH]nc2c1. The van der Waals surface area contributed by atoms with Crippen LogP contribution in [0.4, 0.5) is 5.69 Å². The van der Waals surface area contributed by atoms with Crippen molar-refractivity contribution in [1.82, 2.24) is 19.7 Å². The number of anilines is 1. The van der Waals surface area contributed by atoms with Gasteiger partial charge in [-0.1, -0.05) is 0 Å². The number of aromatic amines is 1. The Bertz CT molecular complexity index is 1120. The highest BCUT2D eigenvalue weighted by atomic mass is 32.2. The van der Waals surface area contributed by atoms with Gasteiger partial charge in [-0.15, -0.1) is 0 Å². The van der Waals surface area contributed by atoms with Crippen LogP contribution in [0.15, 0.2) is 41.3 Å². The molecule has 1 aromatic heterocycles. The molecule has 3 aromatic rings. The van der Waals surface area contributed by atoms with Gasteiger partial charge in [0.2, 0.25) is 10.0 Å². The molecule has 2 aromatic carbocycles. The third-order valence-corrected chi connectivity index (χ3v) is 6.39. The van der Waals surface area contributed by atoms with Gasteiger partial charge in [0.1, 0.15) is 16.8 Å². The average Bonchev–Trinajstić information content (AvgIpc) is 3.34. The van der Waals surface area contributed by atoms with Crippen molar-refractivity contribution >= 4 is 32.7 Å². The molecule has 0 unspecified atom stereocenters. The molecule has 0 bridgehead atoms. The van der Waals surface area contributed by atoms with Gasteiger partial charge in [-0.05, 0) is 49.2 Å². The second-order valence-electron chi connectivity index (χ2n) is 6.27. The lowest BCUT2D eigenvalue weighted by Crippen LogP contribution is -2.28. The van der Waals surface area contributed by atoms with Gasteiger partial charge in [0, 0.05) is 18.7 Å². The number of nitrogens with zero attached hydrogens (tertiary/aromatic N) is 3. The number of aromatic nitrogens is 3. The highest BCUT2D eigenvalue weighted by Crippen LogP contribution is 2.29. The van der Waals surface area contributed by atoms with Crippen molar-refractivity contribution in [3.8, 4) is 5.75 Å². The number of carbonyl (C=O) groups excluding carboxylic acids is 1. The van der Waals surface area contributed by atoms with Crippen LogP contribution in [0.2, 0.25) is 0 Å². The molecule has 0 spiro atoms. The van der Waals surface area contributed by atoms with E-state index in [0.717, 1.165) is 12.8 Å². The number of amides is 1. The van der Waals surface area contributed by atoms with Crippen LogP contribution in [0.5, 0.6) is 5.75 Å². The molecule has 1 saturated heterocycles. The zero-order valence-corrected chi connectivity index (χ0v) is 15.0. The van der Waals surface area contributed by atoms with Crippen molar-refractivity contribution in [3.63, 3.8) is 0 Å². The summed E-state index contributed by atoms with van der Waals surface area (Å²) in [6.07, 6.45) is 1.65. The first-order valence-electron chi connectivity index (χ1n) is 8.40. The first kappa shape index (κ1) is 17.4. The summed E-state index contributed by atoms with van der Waals surface area (Å²) < 4.78 is 26.8. The van der Waals surface area contributed by atoms with E-state index in [1.807, 2.05) is 0 Å². The number of hydrogen-bond acceptors (Lipinski definition) is 6. The van der Waals surface area contributed by atoms with Gasteiger partial charge in [0.15, 0.2) is 0 Å². The van der Waals surface area contributed by atoms with E-state index in [1.54, 1.807) is 18.2 Å². The van der Waals surface area contributed by atoms with E-state index in [0.29, 0.717) is 29.7 Å². The Morgan fingerprint density at radius 2 is 1.81 bits per heavy atom. The van der Waals surface area contributed by atoms with Gasteiger partial charge in [-0.3, -0.25) is 4.79 Å². The molecule has 1 aliphatic heterocycles. The number of rotatable bonds is 4. The number of fused-ring (bicyclic) bond motifs is 1. The quantitative estimate of drug-likeness (QED) is 0.585. The van der Waals surface area contributed by atoms with Gasteiger partial charge in [0.05, 0.1) is 10.6 Å².